The molecule has 5 rings (SSSR count). The summed E-state index contributed by atoms with van der Waals surface area (Å²) in [5.41, 5.74) is 3.14. The van der Waals surface area contributed by atoms with Crippen molar-refractivity contribution in [2.75, 3.05) is 38.2 Å². The first-order valence-corrected chi connectivity index (χ1v) is 12.8. The molecule has 1 amide bonds. The fraction of sp³-hybridized carbons (Fsp3) is 0.414. The summed E-state index contributed by atoms with van der Waals surface area (Å²) in [6, 6.07) is 22.6. The molecule has 3 aromatic rings. The number of likely N-dealkylation sites (tertiary alicyclic amines) is 1. The Morgan fingerprint density at radius 3 is 2.26 bits per heavy atom. The van der Waals surface area contributed by atoms with Gasteiger partial charge in [-0.2, -0.15) is 0 Å². The Kier molecular flexibility index (Phi) is 7.26. The number of ether oxygens (including phenoxy) is 1. The molecule has 0 aliphatic carbocycles. The Morgan fingerprint density at radius 2 is 1.57 bits per heavy atom. The van der Waals surface area contributed by atoms with Crippen LogP contribution in [0.15, 0.2) is 66.7 Å². The highest BCUT2D eigenvalue weighted by Gasteiger charge is 2.31. The number of rotatable bonds is 6. The van der Waals surface area contributed by atoms with Crippen molar-refractivity contribution in [2.24, 2.45) is 11.8 Å². The average molecular weight is 471 g/mol. The van der Waals surface area contributed by atoms with Gasteiger partial charge in [-0.25, -0.2) is 0 Å². The Hall–Kier alpha value is -3.41. The van der Waals surface area contributed by atoms with Crippen LogP contribution in [-0.2, 0) is 11.2 Å². The van der Waals surface area contributed by atoms with Crippen molar-refractivity contribution in [1.82, 2.24) is 15.1 Å². The number of benzene rings is 2. The standard InChI is InChI=1S/C29H34N4O2/c1-35-27-10-6-5-9-25(27)26-11-12-28(31-30-26)32-19-15-24(16-20-32)29(34)33-17-13-23(14-18-33)21-22-7-3-2-4-8-22/h2-12,23-24H,13-21H2,1H3. The van der Waals surface area contributed by atoms with Gasteiger partial charge in [-0.05, 0) is 67.9 Å². The minimum absolute atomic E-state index is 0.123. The molecule has 0 N–H and O–H groups in total. The molecule has 6 nitrogen and oxygen atoms in total. The maximum absolute atomic E-state index is 13.2. The minimum Gasteiger partial charge on any atom is -0.496 e. The summed E-state index contributed by atoms with van der Waals surface area (Å²) < 4.78 is 5.45. The van der Waals surface area contributed by atoms with E-state index in [-0.39, 0.29) is 5.92 Å². The van der Waals surface area contributed by atoms with Crippen molar-refractivity contribution in [1.29, 1.82) is 0 Å². The lowest BCUT2D eigenvalue weighted by molar-refractivity contribution is -0.137. The van der Waals surface area contributed by atoms with Crippen molar-refractivity contribution < 1.29 is 9.53 Å². The zero-order valence-corrected chi connectivity index (χ0v) is 20.5. The number of nitrogens with zero attached hydrogens (tertiary/aromatic N) is 4. The van der Waals surface area contributed by atoms with E-state index in [1.54, 1.807) is 7.11 Å². The van der Waals surface area contributed by atoms with Crippen molar-refractivity contribution in [2.45, 2.75) is 32.1 Å². The third kappa shape index (κ3) is 5.47. The second-order valence-corrected chi connectivity index (χ2v) is 9.70. The van der Waals surface area contributed by atoms with Crippen molar-refractivity contribution in [3.8, 4) is 17.0 Å². The van der Waals surface area contributed by atoms with Gasteiger partial charge >= 0.3 is 0 Å². The van der Waals surface area contributed by atoms with E-state index >= 15 is 0 Å². The maximum atomic E-state index is 13.2. The molecule has 2 aliphatic heterocycles. The van der Waals surface area contributed by atoms with Crippen LogP contribution >= 0.6 is 0 Å². The van der Waals surface area contributed by atoms with E-state index in [4.69, 9.17) is 4.74 Å². The van der Waals surface area contributed by atoms with Gasteiger partial charge in [-0.1, -0.05) is 42.5 Å². The first kappa shape index (κ1) is 23.3. The molecular formula is C29H34N4O2. The molecule has 1 aromatic heterocycles. The minimum atomic E-state index is 0.123. The van der Waals surface area contributed by atoms with Gasteiger partial charge in [-0.3, -0.25) is 4.79 Å². The maximum Gasteiger partial charge on any atom is 0.225 e. The number of anilines is 1. The largest absolute Gasteiger partial charge is 0.496 e. The van der Waals surface area contributed by atoms with E-state index in [0.29, 0.717) is 11.8 Å². The Balaban J connectivity index is 1.11. The van der Waals surface area contributed by atoms with Crippen LogP contribution in [0, 0.1) is 11.8 Å². The molecule has 182 valence electrons. The molecule has 0 saturated carbocycles. The second kappa shape index (κ2) is 10.9. The third-order valence-electron chi connectivity index (χ3n) is 7.49. The summed E-state index contributed by atoms with van der Waals surface area (Å²) in [6.07, 6.45) is 5.08. The van der Waals surface area contributed by atoms with Gasteiger partial charge in [0.15, 0.2) is 5.82 Å². The Bertz CT molecular complexity index is 1100. The highest BCUT2D eigenvalue weighted by atomic mass is 16.5. The van der Waals surface area contributed by atoms with E-state index < -0.39 is 0 Å². The van der Waals surface area contributed by atoms with Crippen molar-refractivity contribution in [3.05, 3.63) is 72.3 Å². The zero-order chi connectivity index (χ0) is 24.0. The van der Waals surface area contributed by atoms with Crippen LogP contribution in [0.2, 0.25) is 0 Å². The predicted octanol–water partition coefficient (Wildman–Crippen LogP) is 4.85. The number of methoxy groups -OCH3 is 1. The first-order valence-electron chi connectivity index (χ1n) is 12.8. The summed E-state index contributed by atoms with van der Waals surface area (Å²) in [4.78, 5) is 17.6. The Morgan fingerprint density at radius 1 is 0.857 bits per heavy atom. The number of hydrogen-bond acceptors (Lipinski definition) is 5. The third-order valence-corrected chi connectivity index (χ3v) is 7.49. The molecule has 0 unspecified atom stereocenters. The fourth-order valence-electron chi connectivity index (χ4n) is 5.41. The van der Waals surface area contributed by atoms with Crippen molar-refractivity contribution >= 4 is 11.7 Å². The quantitative estimate of drug-likeness (QED) is 0.515. The van der Waals surface area contributed by atoms with Gasteiger partial charge in [0.05, 0.1) is 12.8 Å². The normalized spacial score (nSPS) is 17.4. The molecule has 0 spiro atoms. The molecule has 2 aliphatic rings. The molecule has 3 heterocycles. The SMILES string of the molecule is COc1ccccc1-c1ccc(N2CCC(C(=O)N3CCC(Cc4ccccc4)CC3)CC2)nn1. The van der Waals surface area contributed by atoms with E-state index in [2.05, 4.69) is 50.3 Å². The molecule has 0 atom stereocenters. The van der Waals surface area contributed by atoms with Gasteiger partial charge in [0.2, 0.25) is 5.91 Å². The number of carbonyl (C=O) groups excluding carboxylic acids is 1. The average Bonchev–Trinajstić information content (AvgIpc) is 2.94. The summed E-state index contributed by atoms with van der Waals surface area (Å²) in [5, 5.41) is 8.93. The summed E-state index contributed by atoms with van der Waals surface area (Å²) in [7, 11) is 1.67. The summed E-state index contributed by atoms with van der Waals surface area (Å²) in [6.45, 7) is 3.46. The summed E-state index contributed by atoms with van der Waals surface area (Å²) >= 11 is 0. The predicted molar refractivity (Wildman–Crippen MR) is 138 cm³/mol. The number of para-hydroxylation sites is 1. The lowest BCUT2D eigenvalue weighted by Crippen LogP contribution is -2.45. The lowest BCUT2D eigenvalue weighted by atomic mass is 9.88. The number of amides is 1. The van der Waals surface area contributed by atoms with E-state index in [9.17, 15) is 4.79 Å². The van der Waals surface area contributed by atoms with Gasteiger partial charge < -0.3 is 14.5 Å². The van der Waals surface area contributed by atoms with Gasteiger partial charge in [0, 0.05) is 37.7 Å². The van der Waals surface area contributed by atoms with E-state index in [1.165, 1.54) is 5.56 Å². The van der Waals surface area contributed by atoms with Crippen molar-refractivity contribution in [3.63, 3.8) is 0 Å². The van der Waals surface area contributed by atoms with Crippen LogP contribution in [0.5, 0.6) is 5.75 Å². The molecule has 0 bridgehead atoms. The molecule has 2 fully saturated rings. The van der Waals surface area contributed by atoms with Crippen LogP contribution in [0.1, 0.15) is 31.2 Å². The second-order valence-electron chi connectivity index (χ2n) is 9.70. The monoisotopic (exact) mass is 470 g/mol. The van der Waals surface area contributed by atoms with E-state index in [0.717, 1.165) is 81.1 Å². The fourth-order valence-corrected chi connectivity index (χ4v) is 5.41. The zero-order valence-electron chi connectivity index (χ0n) is 20.5. The smallest absolute Gasteiger partial charge is 0.225 e. The topological polar surface area (TPSA) is 58.6 Å². The van der Waals surface area contributed by atoms with Crippen LogP contribution in [0.3, 0.4) is 0 Å². The molecule has 6 heteroatoms. The van der Waals surface area contributed by atoms with Crippen LogP contribution in [0.4, 0.5) is 5.82 Å². The summed E-state index contributed by atoms with van der Waals surface area (Å²) in [5.74, 6) is 2.81. The van der Waals surface area contributed by atoms with Crippen LogP contribution in [0.25, 0.3) is 11.3 Å². The first-order chi connectivity index (χ1) is 17.2. The van der Waals surface area contributed by atoms with Gasteiger partial charge in [0.1, 0.15) is 5.75 Å². The lowest BCUT2D eigenvalue weighted by Gasteiger charge is -2.37. The molecule has 2 aromatic carbocycles. The van der Waals surface area contributed by atoms with Crippen LogP contribution in [-0.4, -0.2) is 54.3 Å². The number of piperidine rings is 2. The number of aromatic nitrogens is 2. The highest BCUT2D eigenvalue weighted by molar-refractivity contribution is 5.79. The van der Waals surface area contributed by atoms with E-state index in [1.807, 2.05) is 36.4 Å². The highest BCUT2D eigenvalue weighted by Crippen LogP contribution is 2.30. The number of hydrogen-bond donors (Lipinski definition) is 0. The van der Waals surface area contributed by atoms with Gasteiger partial charge in [-0.15, -0.1) is 10.2 Å². The number of carbonyl (C=O) groups is 1. The molecule has 2 saturated heterocycles. The molecule has 35 heavy (non-hydrogen) atoms. The molecular weight excluding hydrogens is 436 g/mol. The van der Waals surface area contributed by atoms with Gasteiger partial charge in [0.25, 0.3) is 0 Å². The molecule has 0 radical (unpaired) electrons. The van der Waals surface area contributed by atoms with Crippen LogP contribution < -0.4 is 9.64 Å². The Labute approximate surface area is 207 Å².